The first-order chi connectivity index (χ1) is 9.65. The molecular formula is C12H21N2O6S-. The number of carboxylic acid groups (broad SMARTS) is 1. The van der Waals surface area contributed by atoms with Gasteiger partial charge in [-0.2, -0.15) is 12.6 Å². The largest absolute Gasteiger partial charge is 0.548 e. The highest BCUT2D eigenvalue weighted by Gasteiger charge is 2.32. The van der Waals surface area contributed by atoms with Crippen LogP contribution in [0, 0.1) is 5.41 Å². The maximum absolute atomic E-state index is 11.6. The van der Waals surface area contributed by atoms with Crippen molar-refractivity contribution in [2.45, 2.75) is 32.4 Å². The van der Waals surface area contributed by atoms with Gasteiger partial charge in [0, 0.05) is 24.1 Å². The quantitative estimate of drug-likeness (QED) is 0.288. The number of hydrogen-bond donors (Lipinski definition) is 5. The van der Waals surface area contributed by atoms with E-state index in [2.05, 4.69) is 23.3 Å². The predicted octanol–water partition coefficient (Wildman–Crippen LogP) is -2.96. The highest BCUT2D eigenvalue weighted by molar-refractivity contribution is 7.80. The van der Waals surface area contributed by atoms with Crippen LogP contribution in [0.4, 0.5) is 0 Å². The molecule has 9 heteroatoms. The van der Waals surface area contributed by atoms with Gasteiger partial charge in [-0.3, -0.25) is 9.59 Å². The third-order valence-electron chi connectivity index (χ3n) is 2.85. The van der Waals surface area contributed by atoms with Crippen LogP contribution in [0.25, 0.3) is 0 Å². The maximum Gasteiger partial charge on any atom is 0.249 e. The molecule has 0 aliphatic rings. The number of amides is 2. The van der Waals surface area contributed by atoms with Crippen LogP contribution in [0.15, 0.2) is 0 Å². The molecule has 0 rings (SSSR count). The number of nitrogens with one attached hydrogen (secondary N) is 2. The highest BCUT2D eigenvalue weighted by Crippen LogP contribution is 2.19. The normalized spacial score (nSPS) is 14.1. The van der Waals surface area contributed by atoms with Crippen LogP contribution in [0.3, 0.4) is 0 Å². The van der Waals surface area contributed by atoms with E-state index in [0.717, 1.165) is 0 Å². The molecule has 0 radical (unpaired) electrons. The fourth-order valence-corrected chi connectivity index (χ4v) is 1.52. The minimum atomic E-state index is -1.44. The summed E-state index contributed by atoms with van der Waals surface area (Å²) in [6.07, 6.45) is -1.57. The molecule has 8 nitrogen and oxygen atoms in total. The van der Waals surface area contributed by atoms with E-state index in [0.29, 0.717) is 0 Å². The highest BCUT2D eigenvalue weighted by atomic mass is 32.1. The van der Waals surface area contributed by atoms with E-state index in [4.69, 9.17) is 5.11 Å². The molecule has 0 aliphatic heterocycles. The van der Waals surface area contributed by atoms with E-state index in [1.165, 1.54) is 13.8 Å². The Morgan fingerprint density at radius 1 is 1.33 bits per heavy atom. The minimum absolute atomic E-state index is 0.0738. The lowest BCUT2D eigenvalue weighted by Crippen LogP contribution is -2.50. The maximum atomic E-state index is 11.6. The SMILES string of the molecule is CC(C)(CO)[C@@H](O)C(=O)NCCC(=O)N[C@@H](CS)C(=O)[O-]. The number of carbonyl (C=O) groups excluding carboxylic acids is 3. The number of aliphatic carboxylic acids is 1. The zero-order valence-electron chi connectivity index (χ0n) is 12.0. The van der Waals surface area contributed by atoms with Crippen molar-refractivity contribution in [3.63, 3.8) is 0 Å². The molecule has 2 amide bonds. The first-order valence-electron chi connectivity index (χ1n) is 6.33. The average Bonchev–Trinajstić information content (AvgIpc) is 2.43. The number of aliphatic hydroxyl groups is 2. The molecule has 0 aromatic rings. The van der Waals surface area contributed by atoms with Gasteiger partial charge in [0.25, 0.3) is 0 Å². The van der Waals surface area contributed by atoms with Gasteiger partial charge in [0.05, 0.1) is 18.6 Å². The Morgan fingerprint density at radius 2 is 1.90 bits per heavy atom. The molecule has 0 spiro atoms. The second-order valence-corrected chi connectivity index (χ2v) is 5.58. The van der Waals surface area contributed by atoms with Gasteiger partial charge in [-0.05, 0) is 0 Å². The summed E-state index contributed by atoms with van der Waals surface area (Å²) < 4.78 is 0. The summed E-state index contributed by atoms with van der Waals surface area (Å²) in [6, 6.07) is -1.20. The second-order valence-electron chi connectivity index (χ2n) is 5.21. The molecule has 122 valence electrons. The molecule has 0 aliphatic carbocycles. The molecule has 0 saturated heterocycles. The molecule has 0 aromatic carbocycles. The molecular weight excluding hydrogens is 300 g/mol. The zero-order chi connectivity index (χ0) is 16.6. The summed E-state index contributed by atoms with van der Waals surface area (Å²) in [5.41, 5.74) is -1.00. The third kappa shape index (κ3) is 6.78. The van der Waals surface area contributed by atoms with Crippen molar-refractivity contribution >= 4 is 30.4 Å². The standard InChI is InChI=1S/C12H22N2O6S/c1-12(2,6-15)9(17)10(18)13-4-3-8(16)14-7(5-21)11(19)20/h7,9,15,17,21H,3-6H2,1-2H3,(H,13,18)(H,14,16)(H,19,20)/p-1/t7-,9-/m0/s1. The van der Waals surface area contributed by atoms with Gasteiger partial charge in [0.2, 0.25) is 11.8 Å². The monoisotopic (exact) mass is 321 g/mol. The van der Waals surface area contributed by atoms with Crippen LogP contribution in [0.1, 0.15) is 20.3 Å². The lowest BCUT2D eigenvalue weighted by molar-refractivity contribution is -0.307. The molecule has 0 saturated carbocycles. The zero-order valence-corrected chi connectivity index (χ0v) is 12.9. The fourth-order valence-electron chi connectivity index (χ4n) is 1.28. The Bertz CT molecular complexity index is 388. The molecule has 21 heavy (non-hydrogen) atoms. The van der Waals surface area contributed by atoms with E-state index in [1.54, 1.807) is 0 Å². The Balaban J connectivity index is 4.17. The summed E-state index contributed by atoms with van der Waals surface area (Å²) in [7, 11) is 0. The van der Waals surface area contributed by atoms with E-state index in [9.17, 15) is 24.6 Å². The fraction of sp³-hybridized carbons (Fsp3) is 0.750. The van der Waals surface area contributed by atoms with E-state index in [-0.39, 0.29) is 25.3 Å². The molecule has 0 unspecified atom stereocenters. The van der Waals surface area contributed by atoms with Crippen molar-refractivity contribution in [1.82, 2.24) is 10.6 Å². The number of carbonyl (C=O) groups is 3. The van der Waals surface area contributed by atoms with E-state index >= 15 is 0 Å². The van der Waals surface area contributed by atoms with Crippen LogP contribution in [0.2, 0.25) is 0 Å². The molecule has 0 bridgehead atoms. The first kappa shape index (κ1) is 19.7. The topological polar surface area (TPSA) is 139 Å². The van der Waals surface area contributed by atoms with Gasteiger partial charge in [0.1, 0.15) is 6.10 Å². The summed E-state index contributed by atoms with van der Waals surface area (Å²) in [4.78, 5) is 33.6. The van der Waals surface area contributed by atoms with E-state index < -0.39 is 35.3 Å². The van der Waals surface area contributed by atoms with Crippen molar-refractivity contribution in [3.05, 3.63) is 0 Å². The van der Waals surface area contributed by atoms with Crippen LogP contribution in [-0.2, 0) is 14.4 Å². The van der Waals surface area contributed by atoms with Crippen LogP contribution in [-0.4, -0.2) is 59.0 Å². The Labute approximate surface area is 128 Å². The van der Waals surface area contributed by atoms with E-state index in [1.807, 2.05) is 0 Å². The van der Waals surface area contributed by atoms with Gasteiger partial charge in [0.15, 0.2) is 0 Å². The van der Waals surface area contributed by atoms with Crippen LogP contribution < -0.4 is 15.7 Å². The molecule has 0 aromatic heterocycles. The number of hydrogen-bond acceptors (Lipinski definition) is 7. The van der Waals surface area contributed by atoms with Gasteiger partial charge in [-0.1, -0.05) is 13.8 Å². The molecule has 0 fully saturated rings. The average molecular weight is 321 g/mol. The Morgan fingerprint density at radius 3 is 2.33 bits per heavy atom. The summed E-state index contributed by atoms with van der Waals surface area (Å²) in [5, 5.41) is 33.8. The summed E-state index contributed by atoms with van der Waals surface area (Å²) in [6.45, 7) is 2.58. The number of thiol groups is 1. The summed E-state index contributed by atoms with van der Waals surface area (Å²) >= 11 is 3.76. The van der Waals surface area contributed by atoms with Crippen molar-refractivity contribution in [2.75, 3.05) is 18.9 Å². The minimum Gasteiger partial charge on any atom is -0.548 e. The van der Waals surface area contributed by atoms with Gasteiger partial charge in [-0.25, -0.2) is 0 Å². The van der Waals surface area contributed by atoms with Crippen molar-refractivity contribution in [2.24, 2.45) is 5.41 Å². The predicted molar refractivity (Wildman–Crippen MR) is 75.3 cm³/mol. The van der Waals surface area contributed by atoms with Gasteiger partial charge >= 0.3 is 0 Å². The third-order valence-corrected chi connectivity index (χ3v) is 3.21. The first-order valence-corrected chi connectivity index (χ1v) is 6.96. The second kappa shape index (κ2) is 8.85. The van der Waals surface area contributed by atoms with Gasteiger partial charge in [-0.15, -0.1) is 0 Å². The lowest BCUT2D eigenvalue weighted by Gasteiger charge is -2.27. The molecule has 0 heterocycles. The van der Waals surface area contributed by atoms with Crippen molar-refractivity contribution in [1.29, 1.82) is 0 Å². The summed E-state index contributed by atoms with van der Waals surface area (Å²) in [5.74, 6) is -2.85. The number of aliphatic hydroxyl groups excluding tert-OH is 2. The number of rotatable bonds is 9. The van der Waals surface area contributed by atoms with Crippen molar-refractivity contribution in [3.8, 4) is 0 Å². The molecule has 4 N–H and O–H groups in total. The smallest absolute Gasteiger partial charge is 0.249 e. The Kier molecular flexibility index (Phi) is 8.30. The molecule has 2 atom stereocenters. The van der Waals surface area contributed by atoms with Crippen LogP contribution in [0.5, 0.6) is 0 Å². The van der Waals surface area contributed by atoms with Crippen LogP contribution >= 0.6 is 12.6 Å². The number of carboxylic acids is 1. The lowest BCUT2D eigenvalue weighted by atomic mass is 9.87. The van der Waals surface area contributed by atoms with Gasteiger partial charge < -0.3 is 30.7 Å². The Hall–Kier alpha value is -1.32. The van der Waals surface area contributed by atoms with Crippen molar-refractivity contribution < 1.29 is 29.7 Å².